The van der Waals surface area contributed by atoms with Crippen molar-refractivity contribution in [3.05, 3.63) is 54.4 Å². The van der Waals surface area contributed by atoms with Crippen molar-refractivity contribution in [3.8, 4) is 5.69 Å². The van der Waals surface area contributed by atoms with Crippen LogP contribution in [0.2, 0.25) is 0 Å². The van der Waals surface area contributed by atoms with Gasteiger partial charge in [-0.05, 0) is 37.1 Å². The number of aryl methyl sites for hydroxylation is 1. The number of benzene rings is 1. The second kappa shape index (κ2) is 7.83. The van der Waals surface area contributed by atoms with Gasteiger partial charge in [0.05, 0.1) is 0 Å². The van der Waals surface area contributed by atoms with Gasteiger partial charge in [-0.3, -0.25) is 0 Å². The molecule has 0 atom stereocenters. The normalized spacial score (nSPS) is 10.8. The SMILES string of the molecule is CCCCCCCCc1cccn1-c1ccccc1. The smallest absolute Gasteiger partial charge is 0.0452 e. The minimum absolute atomic E-state index is 1.19. The maximum atomic E-state index is 2.31. The van der Waals surface area contributed by atoms with E-state index in [1.54, 1.807) is 0 Å². The fraction of sp³-hybridized carbons (Fsp3) is 0.444. The summed E-state index contributed by atoms with van der Waals surface area (Å²) in [4.78, 5) is 0. The Morgan fingerprint density at radius 2 is 1.53 bits per heavy atom. The van der Waals surface area contributed by atoms with Crippen LogP contribution >= 0.6 is 0 Å². The van der Waals surface area contributed by atoms with Gasteiger partial charge in [-0.2, -0.15) is 0 Å². The number of nitrogens with zero attached hydrogens (tertiary/aromatic N) is 1. The molecule has 2 aromatic rings. The van der Waals surface area contributed by atoms with Crippen molar-refractivity contribution in [2.45, 2.75) is 51.9 Å². The zero-order valence-electron chi connectivity index (χ0n) is 12.0. The predicted molar refractivity (Wildman–Crippen MR) is 82.8 cm³/mol. The molecule has 19 heavy (non-hydrogen) atoms. The van der Waals surface area contributed by atoms with E-state index in [2.05, 4.69) is 60.2 Å². The molecule has 1 heterocycles. The van der Waals surface area contributed by atoms with Gasteiger partial charge in [-0.1, -0.05) is 57.2 Å². The van der Waals surface area contributed by atoms with Gasteiger partial charge in [0.1, 0.15) is 0 Å². The van der Waals surface area contributed by atoms with Crippen molar-refractivity contribution < 1.29 is 0 Å². The van der Waals surface area contributed by atoms with E-state index in [4.69, 9.17) is 0 Å². The molecule has 0 saturated heterocycles. The van der Waals surface area contributed by atoms with Crippen LogP contribution in [0.15, 0.2) is 48.7 Å². The standard InChI is InChI=1S/C18H25N/c1-2-3-4-5-6-8-12-18-15-11-16-19(18)17-13-9-7-10-14-17/h7,9-11,13-16H,2-6,8,12H2,1H3. The van der Waals surface area contributed by atoms with Crippen LogP contribution in [0.25, 0.3) is 5.69 Å². The Hall–Kier alpha value is -1.50. The molecule has 1 aromatic carbocycles. The molecule has 0 unspecified atom stereocenters. The van der Waals surface area contributed by atoms with Crippen LogP contribution in [0.1, 0.15) is 51.1 Å². The Bertz CT molecular complexity index is 456. The van der Waals surface area contributed by atoms with E-state index in [-0.39, 0.29) is 0 Å². The van der Waals surface area contributed by atoms with Crippen molar-refractivity contribution in [1.82, 2.24) is 4.57 Å². The first-order valence-electron chi connectivity index (χ1n) is 7.63. The van der Waals surface area contributed by atoms with Crippen molar-refractivity contribution >= 4 is 0 Å². The maximum absolute atomic E-state index is 2.31. The lowest BCUT2D eigenvalue weighted by Crippen LogP contribution is -1.98. The van der Waals surface area contributed by atoms with E-state index in [0.29, 0.717) is 0 Å². The first kappa shape index (κ1) is 13.9. The van der Waals surface area contributed by atoms with E-state index < -0.39 is 0 Å². The van der Waals surface area contributed by atoms with Crippen LogP contribution in [0.4, 0.5) is 0 Å². The van der Waals surface area contributed by atoms with Gasteiger partial charge in [0.15, 0.2) is 0 Å². The molecule has 0 bridgehead atoms. The van der Waals surface area contributed by atoms with E-state index >= 15 is 0 Å². The highest BCUT2D eigenvalue weighted by Gasteiger charge is 2.02. The molecule has 0 fully saturated rings. The van der Waals surface area contributed by atoms with Crippen LogP contribution in [0.3, 0.4) is 0 Å². The summed E-state index contributed by atoms with van der Waals surface area (Å²) in [7, 11) is 0. The summed E-state index contributed by atoms with van der Waals surface area (Å²) in [6, 6.07) is 15.0. The Balaban J connectivity index is 1.83. The van der Waals surface area contributed by atoms with Gasteiger partial charge >= 0.3 is 0 Å². The lowest BCUT2D eigenvalue weighted by atomic mass is 10.1. The Morgan fingerprint density at radius 3 is 2.32 bits per heavy atom. The first-order valence-corrected chi connectivity index (χ1v) is 7.63. The molecule has 0 radical (unpaired) electrons. The molecule has 102 valence electrons. The van der Waals surface area contributed by atoms with Crippen LogP contribution in [-0.4, -0.2) is 4.57 Å². The maximum Gasteiger partial charge on any atom is 0.0452 e. The minimum Gasteiger partial charge on any atom is -0.321 e. The number of hydrogen-bond acceptors (Lipinski definition) is 0. The summed E-state index contributed by atoms with van der Waals surface area (Å²) < 4.78 is 2.31. The fourth-order valence-electron chi connectivity index (χ4n) is 2.55. The first-order chi connectivity index (χ1) is 9.42. The minimum atomic E-state index is 1.19. The molecule has 0 N–H and O–H groups in total. The van der Waals surface area contributed by atoms with Crippen molar-refractivity contribution in [2.24, 2.45) is 0 Å². The van der Waals surface area contributed by atoms with E-state index in [0.717, 1.165) is 0 Å². The molecule has 0 saturated carbocycles. The zero-order valence-corrected chi connectivity index (χ0v) is 12.0. The monoisotopic (exact) mass is 255 g/mol. The average molecular weight is 255 g/mol. The van der Waals surface area contributed by atoms with E-state index in [1.807, 2.05) is 0 Å². The third-order valence-corrected chi connectivity index (χ3v) is 3.65. The third-order valence-electron chi connectivity index (χ3n) is 3.65. The predicted octanol–water partition coefficient (Wildman–Crippen LogP) is 5.38. The summed E-state index contributed by atoms with van der Waals surface area (Å²) in [6.45, 7) is 2.27. The molecule has 0 spiro atoms. The highest BCUT2D eigenvalue weighted by Crippen LogP contribution is 2.15. The van der Waals surface area contributed by atoms with Gasteiger partial charge in [0.2, 0.25) is 0 Å². The molecule has 0 aliphatic carbocycles. The summed E-state index contributed by atoms with van der Waals surface area (Å²) in [5.74, 6) is 0. The van der Waals surface area contributed by atoms with Crippen molar-refractivity contribution in [3.63, 3.8) is 0 Å². The van der Waals surface area contributed by atoms with Gasteiger partial charge in [-0.15, -0.1) is 0 Å². The molecule has 1 nitrogen and oxygen atoms in total. The molecule has 1 aromatic heterocycles. The molecular weight excluding hydrogens is 230 g/mol. The summed E-state index contributed by atoms with van der Waals surface area (Å²) >= 11 is 0. The van der Waals surface area contributed by atoms with Gasteiger partial charge in [0, 0.05) is 17.6 Å². The number of rotatable bonds is 8. The quantitative estimate of drug-likeness (QED) is 0.558. The molecule has 0 aliphatic rings. The van der Waals surface area contributed by atoms with E-state index in [9.17, 15) is 0 Å². The number of unbranched alkanes of at least 4 members (excludes halogenated alkanes) is 5. The highest BCUT2D eigenvalue weighted by molar-refractivity contribution is 5.34. The number of aromatic nitrogens is 1. The van der Waals surface area contributed by atoms with Gasteiger partial charge in [-0.25, -0.2) is 0 Å². The lowest BCUT2D eigenvalue weighted by Gasteiger charge is -2.09. The Labute approximate surface area is 117 Å². The number of hydrogen-bond donors (Lipinski definition) is 0. The van der Waals surface area contributed by atoms with Gasteiger partial charge < -0.3 is 4.57 Å². The summed E-state index contributed by atoms with van der Waals surface area (Å²) in [5, 5.41) is 0. The average Bonchev–Trinajstić information content (AvgIpc) is 2.92. The molecule has 1 heteroatoms. The second-order valence-corrected chi connectivity index (χ2v) is 5.22. The topological polar surface area (TPSA) is 4.93 Å². The fourth-order valence-corrected chi connectivity index (χ4v) is 2.55. The molecular formula is C18H25N. The second-order valence-electron chi connectivity index (χ2n) is 5.22. The largest absolute Gasteiger partial charge is 0.321 e. The molecule has 0 aliphatic heterocycles. The summed E-state index contributed by atoms with van der Waals surface area (Å²) in [5.41, 5.74) is 2.70. The molecule has 2 rings (SSSR count). The van der Waals surface area contributed by atoms with Crippen molar-refractivity contribution in [2.75, 3.05) is 0 Å². The van der Waals surface area contributed by atoms with Crippen LogP contribution in [0.5, 0.6) is 0 Å². The third kappa shape index (κ3) is 4.27. The Kier molecular flexibility index (Phi) is 5.74. The van der Waals surface area contributed by atoms with Crippen molar-refractivity contribution in [1.29, 1.82) is 0 Å². The van der Waals surface area contributed by atoms with Crippen LogP contribution in [-0.2, 0) is 6.42 Å². The molecule has 0 amide bonds. The summed E-state index contributed by atoms with van der Waals surface area (Å²) in [6.07, 6.45) is 11.5. The highest BCUT2D eigenvalue weighted by atomic mass is 15.0. The number of para-hydroxylation sites is 1. The lowest BCUT2D eigenvalue weighted by molar-refractivity contribution is 0.602. The van der Waals surface area contributed by atoms with Gasteiger partial charge in [0.25, 0.3) is 0 Å². The van der Waals surface area contributed by atoms with Crippen LogP contribution in [0, 0.1) is 0 Å². The van der Waals surface area contributed by atoms with E-state index in [1.165, 1.54) is 56.3 Å². The Morgan fingerprint density at radius 1 is 0.789 bits per heavy atom. The zero-order chi connectivity index (χ0) is 13.3. The van der Waals surface area contributed by atoms with Crippen LogP contribution < -0.4 is 0 Å².